The fourth-order valence-electron chi connectivity index (χ4n) is 1.97. The van der Waals surface area contributed by atoms with E-state index in [-0.39, 0.29) is 5.69 Å². The molecule has 0 aliphatic heterocycles. The van der Waals surface area contributed by atoms with Gasteiger partial charge < -0.3 is 9.47 Å². The molecule has 1 aromatic heterocycles. The maximum absolute atomic E-state index is 12.5. The number of rotatable bonds is 9. The van der Waals surface area contributed by atoms with Crippen LogP contribution in [0.5, 0.6) is 11.8 Å². The third-order valence-corrected chi connectivity index (χ3v) is 3.82. The van der Waals surface area contributed by atoms with Gasteiger partial charge in [-0.05, 0) is 18.6 Å². The average molecular weight is 458 g/mol. The van der Waals surface area contributed by atoms with Crippen LogP contribution in [0.15, 0.2) is 30.6 Å². The molecule has 0 saturated carbocycles. The lowest BCUT2D eigenvalue weighted by Gasteiger charge is -2.22. The van der Waals surface area contributed by atoms with E-state index in [1.807, 2.05) is 0 Å². The molecule has 1 heterocycles. The van der Waals surface area contributed by atoms with Crippen LogP contribution < -0.4 is 19.3 Å². The molecule has 2 rings (SSSR count). The second-order valence-corrected chi connectivity index (χ2v) is 6.58. The minimum Gasteiger partial charge on any atom is -0.466 e. The number of para-hydroxylation sites is 1. The summed E-state index contributed by atoms with van der Waals surface area (Å²) < 4.78 is 90.5. The number of alkyl halides is 6. The Bertz CT molecular complexity index is 801. The van der Waals surface area contributed by atoms with E-state index in [1.165, 1.54) is 7.05 Å². The van der Waals surface area contributed by atoms with E-state index in [0.29, 0.717) is 17.9 Å². The molecule has 2 aromatic rings. The fourth-order valence-corrected chi connectivity index (χ4v) is 2.44. The molecule has 1 N–H and O–H groups in total. The summed E-state index contributed by atoms with van der Waals surface area (Å²) in [4.78, 5) is 7.13. The quantitative estimate of drug-likeness (QED) is 0.251. The van der Waals surface area contributed by atoms with Crippen molar-refractivity contribution >= 4 is 23.6 Å². The summed E-state index contributed by atoms with van der Waals surface area (Å²) in [6.45, 7) is -1.62. The third-order valence-electron chi connectivity index (χ3n) is 3.26. The molecule has 166 valence electrons. The number of benzene rings is 1. The average Bonchev–Trinajstić information content (AvgIpc) is 2.65. The molecule has 0 unspecified atom stereocenters. The number of aryl methyl sites for hydroxylation is 1. The van der Waals surface area contributed by atoms with Crippen molar-refractivity contribution in [1.82, 2.24) is 9.97 Å². The number of halogens is 6. The summed E-state index contributed by atoms with van der Waals surface area (Å²) >= 11 is 0.548. The first kappa shape index (κ1) is 23.7. The number of nitrogens with zero attached hydrogens (tertiary/aromatic N) is 3. The topological polar surface area (TPSA) is 68.7 Å². The first-order valence-electron chi connectivity index (χ1n) is 8.09. The Kier molecular flexibility index (Phi) is 7.83. The van der Waals surface area contributed by atoms with Crippen LogP contribution in [-0.2, 0) is 4.28 Å². The van der Waals surface area contributed by atoms with Gasteiger partial charge in [0.05, 0.1) is 5.69 Å². The minimum atomic E-state index is -4.69. The second-order valence-electron chi connectivity index (χ2n) is 5.71. The van der Waals surface area contributed by atoms with Gasteiger partial charge in [-0.1, -0.05) is 18.2 Å². The van der Waals surface area contributed by atoms with Crippen LogP contribution in [0.1, 0.15) is 5.56 Å². The molecular weight excluding hydrogens is 442 g/mol. The maximum Gasteiger partial charge on any atom is 0.422 e. The SMILES string of the molecule is Cc1ccccc1NOSN(C)c1c(OCC(F)(F)F)ncnc1OCC(F)(F)F. The Morgan fingerprint density at radius 2 is 1.50 bits per heavy atom. The monoisotopic (exact) mass is 458 g/mol. The molecule has 0 aliphatic rings. The van der Waals surface area contributed by atoms with Crippen molar-refractivity contribution in [3.05, 3.63) is 36.2 Å². The summed E-state index contributed by atoms with van der Waals surface area (Å²) in [7, 11) is 1.30. The predicted molar refractivity (Wildman–Crippen MR) is 97.0 cm³/mol. The van der Waals surface area contributed by atoms with Crippen molar-refractivity contribution < 1.29 is 40.1 Å². The summed E-state index contributed by atoms with van der Waals surface area (Å²) in [5.41, 5.74) is 3.67. The van der Waals surface area contributed by atoms with Gasteiger partial charge in [-0.2, -0.15) is 40.6 Å². The number of anilines is 2. The Morgan fingerprint density at radius 1 is 0.967 bits per heavy atom. The maximum atomic E-state index is 12.5. The smallest absolute Gasteiger partial charge is 0.422 e. The third kappa shape index (κ3) is 7.67. The summed E-state index contributed by atoms with van der Waals surface area (Å²) in [6.07, 6.45) is -8.65. The van der Waals surface area contributed by atoms with Crippen LogP contribution in [0.25, 0.3) is 0 Å². The highest BCUT2D eigenvalue weighted by Crippen LogP contribution is 2.38. The van der Waals surface area contributed by atoms with Crippen LogP contribution in [0.4, 0.5) is 37.7 Å². The highest BCUT2D eigenvalue weighted by Gasteiger charge is 2.32. The molecule has 0 bridgehead atoms. The molecule has 0 saturated heterocycles. The highest BCUT2D eigenvalue weighted by molar-refractivity contribution is 7.96. The van der Waals surface area contributed by atoms with Gasteiger partial charge in [0, 0.05) is 7.05 Å². The molecule has 0 amide bonds. The van der Waals surface area contributed by atoms with Crippen LogP contribution >= 0.6 is 12.2 Å². The van der Waals surface area contributed by atoms with Gasteiger partial charge in [-0.3, -0.25) is 9.79 Å². The van der Waals surface area contributed by atoms with Gasteiger partial charge in [0.2, 0.25) is 11.8 Å². The van der Waals surface area contributed by atoms with E-state index in [0.717, 1.165) is 16.2 Å². The molecular formula is C16H16F6N4O3S. The molecule has 0 fully saturated rings. The van der Waals surface area contributed by atoms with Gasteiger partial charge in [0.1, 0.15) is 18.6 Å². The lowest BCUT2D eigenvalue weighted by molar-refractivity contribution is -0.154. The minimum absolute atomic E-state index is 0.373. The molecule has 0 aliphatic carbocycles. The van der Waals surface area contributed by atoms with Crippen molar-refractivity contribution in [3.63, 3.8) is 0 Å². The summed E-state index contributed by atoms with van der Waals surface area (Å²) in [5, 5.41) is 0. The van der Waals surface area contributed by atoms with Crippen LogP contribution in [0.2, 0.25) is 0 Å². The Hall–Kier alpha value is -2.61. The van der Waals surface area contributed by atoms with Crippen molar-refractivity contribution in [2.75, 3.05) is 30.0 Å². The molecule has 1 aromatic carbocycles. The predicted octanol–water partition coefficient (Wildman–Crippen LogP) is 4.71. The number of aromatic nitrogens is 2. The van der Waals surface area contributed by atoms with E-state index in [1.54, 1.807) is 31.2 Å². The lowest BCUT2D eigenvalue weighted by Crippen LogP contribution is -2.23. The molecule has 0 radical (unpaired) electrons. The van der Waals surface area contributed by atoms with Gasteiger partial charge >= 0.3 is 12.4 Å². The standard InChI is InChI=1S/C16H16F6N4O3S/c1-10-5-3-4-6-11(10)25-29-30-26(2)12-13(27-7-15(17,18)19)23-9-24-14(12)28-8-16(20,21)22/h3-6,9,25H,7-8H2,1-2H3. The van der Waals surface area contributed by atoms with E-state index in [9.17, 15) is 26.3 Å². The zero-order chi connectivity index (χ0) is 22.4. The zero-order valence-electron chi connectivity index (χ0n) is 15.5. The van der Waals surface area contributed by atoms with Gasteiger partial charge in [-0.25, -0.2) is 0 Å². The number of ether oxygens (including phenoxy) is 2. The summed E-state index contributed by atoms with van der Waals surface area (Å²) in [6, 6.07) is 7.05. The molecule has 0 spiro atoms. The number of hydrogen-bond donors (Lipinski definition) is 1. The van der Waals surface area contributed by atoms with Crippen molar-refractivity contribution in [1.29, 1.82) is 0 Å². The normalized spacial score (nSPS) is 11.9. The van der Waals surface area contributed by atoms with E-state index >= 15 is 0 Å². The number of hydrogen-bond acceptors (Lipinski definition) is 8. The molecule has 14 heteroatoms. The molecule has 0 atom stereocenters. The van der Waals surface area contributed by atoms with Crippen molar-refractivity contribution in [3.8, 4) is 11.8 Å². The first-order chi connectivity index (χ1) is 14.0. The summed E-state index contributed by atoms with van der Waals surface area (Å²) in [5.74, 6) is -1.26. The van der Waals surface area contributed by atoms with E-state index in [4.69, 9.17) is 4.28 Å². The fraction of sp³-hybridized carbons (Fsp3) is 0.375. The van der Waals surface area contributed by atoms with Crippen LogP contribution in [0.3, 0.4) is 0 Å². The number of nitrogens with one attached hydrogen (secondary N) is 1. The van der Waals surface area contributed by atoms with E-state index in [2.05, 4.69) is 24.9 Å². The van der Waals surface area contributed by atoms with Gasteiger partial charge in [0.25, 0.3) is 0 Å². The van der Waals surface area contributed by atoms with Crippen LogP contribution in [0, 0.1) is 6.92 Å². The first-order valence-corrected chi connectivity index (χ1v) is 8.79. The largest absolute Gasteiger partial charge is 0.466 e. The van der Waals surface area contributed by atoms with E-state index < -0.39 is 37.3 Å². The molecule has 7 nitrogen and oxygen atoms in total. The van der Waals surface area contributed by atoms with Crippen molar-refractivity contribution in [2.45, 2.75) is 19.3 Å². The second kappa shape index (κ2) is 9.93. The van der Waals surface area contributed by atoms with Crippen molar-refractivity contribution in [2.24, 2.45) is 0 Å². The Morgan fingerprint density at radius 3 is 2.00 bits per heavy atom. The Balaban J connectivity index is 2.18. The molecule has 30 heavy (non-hydrogen) atoms. The zero-order valence-corrected chi connectivity index (χ0v) is 16.4. The van der Waals surface area contributed by atoms with Crippen LogP contribution in [-0.4, -0.2) is 42.6 Å². The van der Waals surface area contributed by atoms with Gasteiger partial charge in [0.15, 0.2) is 18.9 Å². The lowest BCUT2D eigenvalue weighted by atomic mass is 10.2. The van der Waals surface area contributed by atoms with Gasteiger partial charge in [-0.15, -0.1) is 0 Å². The highest BCUT2D eigenvalue weighted by atomic mass is 32.2. The Labute approximate surface area is 171 Å².